The number of sulfonamides is 1. The predicted octanol–water partition coefficient (Wildman–Crippen LogP) is 2.77. The third kappa shape index (κ3) is 3.68. The third-order valence-corrected chi connectivity index (χ3v) is 6.39. The van der Waals surface area contributed by atoms with Gasteiger partial charge in [0.05, 0.1) is 10.7 Å². The van der Waals surface area contributed by atoms with Crippen LogP contribution in [0, 0.1) is 0 Å². The van der Waals surface area contributed by atoms with E-state index in [0.717, 1.165) is 4.31 Å². The molecule has 0 aliphatic carbocycles. The molecule has 0 saturated carbocycles. The van der Waals surface area contributed by atoms with Gasteiger partial charge in [0.15, 0.2) is 17.3 Å². The number of rotatable bonds is 5. The molecule has 2 aromatic carbocycles. The van der Waals surface area contributed by atoms with Crippen LogP contribution in [-0.2, 0) is 10.0 Å². The number of carbonyl (C=O) groups excluding carboxylic acids is 2. The third-order valence-electron chi connectivity index (χ3n) is 4.09. The lowest BCUT2D eigenvalue weighted by atomic mass is 10.1. The van der Waals surface area contributed by atoms with Crippen LogP contribution in [0.3, 0.4) is 0 Å². The molecule has 1 heterocycles. The summed E-state index contributed by atoms with van der Waals surface area (Å²) < 4.78 is 36.3. The lowest BCUT2D eigenvalue weighted by Gasteiger charge is -2.14. The average Bonchev–Trinajstić information content (AvgIpc) is 3.08. The van der Waals surface area contributed by atoms with Crippen molar-refractivity contribution in [1.29, 1.82) is 0 Å². The number of hydrogen-bond acceptors (Lipinski definition) is 6. The second-order valence-corrected chi connectivity index (χ2v) is 8.72. The number of fused-ring (bicyclic) bond motifs is 1. The lowest BCUT2D eigenvalue weighted by molar-refractivity contribution is 0.101. The zero-order chi connectivity index (χ0) is 20.6. The molecule has 28 heavy (non-hydrogen) atoms. The minimum absolute atomic E-state index is 0.00208. The minimum Gasteiger partial charge on any atom is -0.454 e. The molecule has 1 amide bonds. The molecule has 0 saturated heterocycles. The fourth-order valence-electron chi connectivity index (χ4n) is 2.57. The van der Waals surface area contributed by atoms with E-state index in [2.05, 4.69) is 5.32 Å². The van der Waals surface area contributed by atoms with Crippen molar-refractivity contribution in [3.63, 3.8) is 0 Å². The Morgan fingerprint density at radius 2 is 1.75 bits per heavy atom. The van der Waals surface area contributed by atoms with Gasteiger partial charge in [0.25, 0.3) is 5.91 Å². The van der Waals surface area contributed by atoms with Crippen molar-refractivity contribution in [2.45, 2.75) is 11.8 Å². The quantitative estimate of drug-likeness (QED) is 0.740. The maximum atomic E-state index is 12.7. The standard InChI is InChI=1S/C18H17ClN2O6S/c1-10(22)12-7-15-16(27-9-26-15)8-14(12)20-18(23)11-4-5-13(19)17(6-11)28(24,25)21(2)3/h4-8H,9H2,1-3H3,(H,20,23). The van der Waals surface area contributed by atoms with Crippen molar-refractivity contribution in [3.8, 4) is 11.5 Å². The Hall–Kier alpha value is -2.62. The van der Waals surface area contributed by atoms with E-state index >= 15 is 0 Å². The largest absolute Gasteiger partial charge is 0.454 e. The Morgan fingerprint density at radius 3 is 2.36 bits per heavy atom. The highest BCUT2D eigenvalue weighted by molar-refractivity contribution is 7.89. The van der Waals surface area contributed by atoms with E-state index in [4.69, 9.17) is 21.1 Å². The fourth-order valence-corrected chi connectivity index (χ4v) is 3.96. The molecule has 0 atom stereocenters. The highest BCUT2D eigenvalue weighted by atomic mass is 35.5. The van der Waals surface area contributed by atoms with Gasteiger partial charge in [-0.2, -0.15) is 0 Å². The Morgan fingerprint density at radius 1 is 1.11 bits per heavy atom. The van der Waals surface area contributed by atoms with E-state index in [-0.39, 0.29) is 39.3 Å². The summed E-state index contributed by atoms with van der Waals surface area (Å²) in [5, 5.41) is 2.62. The Labute approximate surface area is 167 Å². The van der Waals surface area contributed by atoms with Gasteiger partial charge in [0.1, 0.15) is 4.90 Å². The number of nitrogens with zero attached hydrogens (tertiary/aromatic N) is 1. The number of nitrogens with one attached hydrogen (secondary N) is 1. The SMILES string of the molecule is CC(=O)c1cc2c(cc1NC(=O)c1ccc(Cl)c(S(=O)(=O)N(C)C)c1)OCO2. The van der Waals surface area contributed by atoms with Crippen molar-refractivity contribution < 1.29 is 27.5 Å². The van der Waals surface area contributed by atoms with E-state index < -0.39 is 15.9 Å². The monoisotopic (exact) mass is 424 g/mol. The number of amides is 1. The molecule has 0 aromatic heterocycles. The first kappa shape index (κ1) is 20.1. The van der Waals surface area contributed by atoms with Crippen LogP contribution in [-0.4, -0.2) is 45.3 Å². The van der Waals surface area contributed by atoms with E-state index in [1.54, 1.807) is 0 Å². The second-order valence-electron chi connectivity index (χ2n) is 6.19. The average molecular weight is 425 g/mol. The van der Waals surface area contributed by atoms with E-state index in [1.807, 2.05) is 0 Å². The summed E-state index contributed by atoms with van der Waals surface area (Å²) >= 11 is 6.01. The Kier molecular flexibility index (Phi) is 5.33. The normalized spacial score (nSPS) is 12.9. The van der Waals surface area contributed by atoms with Crippen LogP contribution in [0.5, 0.6) is 11.5 Å². The molecular weight excluding hydrogens is 408 g/mol. The zero-order valence-corrected chi connectivity index (χ0v) is 16.8. The summed E-state index contributed by atoms with van der Waals surface area (Å²) in [7, 11) is -1.10. The summed E-state index contributed by atoms with van der Waals surface area (Å²) in [6.07, 6.45) is 0. The molecule has 2 aromatic rings. The topological polar surface area (TPSA) is 102 Å². The molecule has 0 bridgehead atoms. The van der Waals surface area contributed by atoms with Crippen LogP contribution in [0.4, 0.5) is 5.69 Å². The molecule has 10 heteroatoms. The van der Waals surface area contributed by atoms with Gasteiger partial charge < -0.3 is 14.8 Å². The van der Waals surface area contributed by atoms with E-state index in [1.165, 1.54) is 51.4 Å². The maximum absolute atomic E-state index is 12.7. The van der Waals surface area contributed by atoms with Gasteiger partial charge in [-0.05, 0) is 31.2 Å². The first-order valence-corrected chi connectivity index (χ1v) is 9.91. The van der Waals surface area contributed by atoms with Crippen LogP contribution < -0.4 is 14.8 Å². The molecule has 3 rings (SSSR count). The number of benzene rings is 2. The Balaban J connectivity index is 1.98. The van der Waals surface area contributed by atoms with Crippen molar-refractivity contribution in [1.82, 2.24) is 4.31 Å². The first-order chi connectivity index (χ1) is 13.1. The Bertz CT molecular complexity index is 1080. The lowest BCUT2D eigenvalue weighted by Crippen LogP contribution is -2.23. The molecule has 8 nitrogen and oxygen atoms in total. The van der Waals surface area contributed by atoms with Crippen molar-refractivity contribution in [2.24, 2.45) is 0 Å². The van der Waals surface area contributed by atoms with Gasteiger partial charge >= 0.3 is 0 Å². The summed E-state index contributed by atoms with van der Waals surface area (Å²) in [6, 6.07) is 6.90. The predicted molar refractivity (Wildman–Crippen MR) is 103 cm³/mol. The van der Waals surface area contributed by atoms with Gasteiger partial charge in [0, 0.05) is 31.3 Å². The molecule has 0 spiro atoms. The molecule has 0 fully saturated rings. The molecule has 148 valence electrons. The minimum atomic E-state index is -3.84. The van der Waals surface area contributed by atoms with E-state index in [0.29, 0.717) is 11.5 Å². The molecule has 0 unspecified atom stereocenters. The fraction of sp³-hybridized carbons (Fsp3) is 0.222. The van der Waals surface area contributed by atoms with Crippen LogP contribution in [0.15, 0.2) is 35.2 Å². The van der Waals surface area contributed by atoms with Crippen LogP contribution in [0.2, 0.25) is 5.02 Å². The number of anilines is 1. The van der Waals surface area contributed by atoms with Gasteiger partial charge in [-0.1, -0.05) is 11.6 Å². The van der Waals surface area contributed by atoms with E-state index in [9.17, 15) is 18.0 Å². The summed E-state index contributed by atoms with van der Waals surface area (Å²) in [5.74, 6) is -0.0739. The van der Waals surface area contributed by atoms with Gasteiger partial charge in [-0.25, -0.2) is 12.7 Å². The molecular formula is C18H17ClN2O6S. The summed E-state index contributed by atoms with van der Waals surface area (Å²) in [4.78, 5) is 24.5. The van der Waals surface area contributed by atoms with Crippen molar-refractivity contribution >= 4 is 39.0 Å². The van der Waals surface area contributed by atoms with Crippen molar-refractivity contribution in [2.75, 3.05) is 26.2 Å². The number of Topliss-reactive ketones (excluding diaryl/α,β-unsaturated/α-hetero) is 1. The van der Waals surface area contributed by atoms with Crippen LogP contribution >= 0.6 is 11.6 Å². The first-order valence-electron chi connectivity index (χ1n) is 8.09. The highest BCUT2D eigenvalue weighted by Crippen LogP contribution is 2.37. The van der Waals surface area contributed by atoms with Gasteiger partial charge in [-0.3, -0.25) is 9.59 Å². The number of carbonyl (C=O) groups is 2. The van der Waals surface area contributed by atoms with Crippen molar-refractivity contribution in [3.05, 3.63) is 46.5 Å². The summed E-state index contributed by atoms with van der Waals surface area (Å²) in [6.45, 7) is 1.38. The second kappa shape index (κ2) is 7.42. The maximum Gasteiger partial charge on any atom is 0.255 e. The zero-order valence-electron chi connectivity index (χ0n) is 15.3. The van der Waals surface area contributed by atoms with Gasteiger partial charge in [0.2, 0.25) is 16.8 Å². The van der Waals surface area contributed by atoms with Gasteiger partial charge in [-0.15, -0.1) is 0 Å². The van der Waals surface area contributed by atoms with Crippen LogP contribution in [0.25, 0.3) is 0 Å². The number of ketones is 1. The van der Waals surface area contributed by atoms with Crippen LogP contribution in [0.1, 0.15) is 27.6 Å². The molecule has 0 radical (unpaired) electrons. The number of halogens is 1. The molecule has 1 aliphatic rings. The summed E-state index contributed by atoms with van der Waals surface area (Å²) in [5.41, 5.74) is 0.540. The number of ether oxygens (including phenoxy) is 2. The molecule has 1 aliphatic heterocycles. The smallest absolute Gasteiger partial charge is 0.255 e. The number of hydrogen-bond donors (Lipinski definition) is 1. The highest BCUT2D eigenvalue weighted by Gasteiger charge is 2.24. The molecule has 1 N–H and O–H groups in total.